The van der Waals surface area contributed by atoms with Gasteiger partial charge in [-0.2, -0.15) is 0 Å². The van der Waals surface area contributed by atoms with Gasteiger partial charge in [-0.15, -0.1) is 0 Å². The zero-order chi connectivity index (χ0) is 24.0. The van der Waals surface area contributed by atoms with Gasteiger partial charge in [0.25, 0.3) is 5.56 Å². The van der Waals surface area contributed by atoms with Crippen LogP contribution >= 0.6 is 0 Å². The molecular formula is C25H41N5O3. The number of rotatable bonds is 12. The summed E-state index contributed by atoms with van der Waals surface area (Å²) in [6.45, 7) is 9.57. The number of nitrogens with one attached hydrogen (secondary N) is 2. The summed E-state index contributed by atoms with van der Waals surface area (Å²) in [5, 5.41) is 3.26. The van der Waals surface area contributed by atoms with E-state index in [1.807, 2.05) is 4.57 Å². The molecule has 0 spiro atoms. The van der Waals surface area contributed by atoms with Gasteiger partial charge in [0.2, 0.25) is 5.91 Å². The first-order valence-corrected chi connectivity index (χ1v) is 12.9. The Hall–Kier alpha value is -2.38. The standard InChI is InChI=1S/C25H41N5O3/c1-5-7-10-18-11-9-12-19(18)26-21(31)14-13-20-27-23-22(30(20)16-17(3)4)24(32)28-25(33)29(23)15-8-6-2/h17-19H,5-16H2,1-4H3,(H,26,31)(H,28,32,33). The topological polar surface area (TPSA) is 102 Å². The van der Waals surface area contributed by atoms with E-state index in [0.717, 1.165) is 19.3 Å². The second-order valence-electron chi connectivity index (χ2n) is 9.98. The maximum atomic E-state index is 12.8. The molecule has 2 heterocycles. The lowest BCUT2D eigenvalue weighted by atomic mass is 9.96. The van der Waals surface area contributed by atoms with E-state index in [1.165, 1.54) is 32.1 Å². The molecule has 2 unspecified atom stereocenters. The van der Waals surface area contributed by atoms with Gasteiger partial charge in [-0.1, -0.05) is 53.4 Å². The highest BCUT2D eigenvalue weighted by Crippen LogP contribution is 2.30. The molecule has 33 heavy (non-hydrogen) atoms. The molecule has 8 heteroatoms. The number of aryl methyl sites for hydroxylation is 2. The molecule has 0 bridgehead atoms. The predicted molar refractivity (Wildman–Crippen MR) is 131 cm³/mol. The minimum Gasteiger partial charge on any atom is -0.353 e. The van der Waals surface area contributed by atoms with Crippen molar-refractivity contribution in [1.29, 1.82) is 0 Å². The Morgan fingerprint density at radius 2 is 1.91 bits per heavy atom. The van der Waals surface area contributed by atoms with E-state index in [4.69, 9.17) is 4.98 Å². The Bertz CT molecular complexity index is 1050. The van der Waals surface area contributed by atoms with Gasteiger partial charge in [0.15, 0.2) is 11.2 Å². The lowest BCUT2D eigenvalue weighted by molar-refractivity contribution is -0.122. The first kappa shape index (κ1) is 25.2. The Morgan fingerprint density at radius 3 is 2.61 bits per heavy atom. The van der Waals surface area contributed by atoms with Gasteiger partial charge in [0.05, 0.1) is 0 Å². The van der Waals surface area contributed by atoms with Gasteiger partial charge in [0, 0.05) is 32.0 Å². The number of nitrogens with zero attached hydrogens (tertiary/aromatic N) is 3. The van der Waals surface area contributed by atoms with Crippen LogP contribution in [0.1, 0.15) is 91.3 Å². The summed E-state index contributed by atoms with van der Waals surface area (Å²) in [4.78, 5) is 45.2. The van der Waals surface area contributed by atoms with Crippen molar-refractivity contribution in [3.05, 3.63) is 26.7 Å². The zero-order valence-corrected chi connectivity index (χ0v) is 20.8. The minimum atomic E-state index is -0.418. The predicted octanol–water partition coefficient (Wildman–Crippen LogP) is 3.75. The smallest absolute Gasteiger partial charge is 0.330 e. The fourth-order valence-corrected chi connectivity index (χ4v) is 5.04. The van der Waals surface area contributed by atoms with Crippen LogP contribution in [0.3, 0.4) is 0 Å². The van der Waals surface area contributed by atoms with Gasteiger partial charge >= 0.3 is 5.69 Å². The first-order chi connectivity index (χ1) is 15.8. The summed E-state index contributed by atoms with van der Waals surface area (Å²) in [6, 6.07) is 0.278. The molecule has 0 aromatic carbocycles. The van der Waals surface area contributed by atoms with E-state index in [2.05, 4.69) is 38.0 Å². The Labute approximate surface area is 196 Å². The highest BCUT2D eigenvalue weighted by Gasteiger charge is 2.28. The van der Waals surface area contributed by atoms with Crippen molar-refractivity contribution < 1.29 is 4.79 Å². The second-order valence-corrected chi connectivity index (χ2v) is 9.98. The molecular weight excluding hydrogens is 418 g/mol. The van der Waals surface area contributed by atoms with Crippen LogP contribution in [0.25, 0.3) is 11.2 Å². The lowest BCUT2D eigenvalue weighted by Crippen LogP contribution is -2.37. The third-order valence-electron chi connectivity index (χ3n) is 6.76. The fraction of sp³-hybridized carbons (Fsp3) is 0.760. The summed E-state index contributed by atoms with van der Waals surface area (Å²) in [7, 11) is 0. The fourth-order valence-electron chi connectivity index (χ4n) is 5.04. The molecule has 2 N–H and O–H groups in total. The molecule has 1 aliphatic rings. The van der Waals surface area contributed by atoms with E-state index in [-0.39, 0.29) is 11.9 Å². The molecule has 1 fully saturated rings. The van der Waals surface area contributed by atoms with Crippen LogP contribution in [0.2, 0.25) is 0 Å². The van der Waals surface area contributed by atoms with Crippen molar-refractivity contribution in [2.24, 2.45) is 11.8 Å². The molecule has 0 saturated heterocycles. The van der Waals surface area contributed by atoms with Crippen molar-refractivity contribution in [1.82, 2.24) is 24.4 Å². The monoisotopic (exact) mass is 459 g/mol. The third-order valence-corrected chi connectivity index (χ3v) is 6.76. The zero-order valence-electron chi connectivity index (χ0n) is 20.8. The van der Waals surface area contributed by atoms with Crippen molar-refractivity contribution in [3.8, 4) is 0 Å². The molecule has 2 atom stereocenters. The molecule has 1 saturated carbocycles. The number of hydrogen-bond donors (Lipinski definition) is 2. The maximum Gasteiger partial charge on any atom is 0.330 e. The molecule has 1 aliphatic carbocycles. The lowest BCUT2D eigenvalue weighted by Gasteiger charge is -2.21. The number of carbonyl (C=O) groups excluding carboxylic acids is 1. The van der Waals surface area contributed by atoms with E-state index < -0.39 is 11.2 Å². The number of aromatic nitrogens is 4. The van der Waals surface area contributed by atoms with E-state index in [9.17, 15) is 14.4 Å². The van der Waals surface area contributed by atoms with Crippen LogP contribution in [0.5, 0.6) is 0 Å². The quantitative estimate of drug-likeness (QED) is 0.505. The molecule has 2 aromatic heterocycles. The van der Waals surface area contributed by atoms with Crippen molar-refractivity contribution >= 4 is 17.1 Å². The second kappa shape index (κ2) is 11.7. The number of carbonyl (C=O) groups is 1. The number of H-pyrrole nitrogens is 1. The van der Waals surface area contributed by atoms with Gasteiger partial charge in [0.1, 0.15) is 5.82 Å². The number of unbranched alkanes of at least 4 members (excludes halogenated alkanes) is 2. The summed E-state index contributed by atoms with van der Waals surface area (Å²) >= 11 is 0. The van der Waals surface area contributed by atoms with Gasteiger partial charge in [-0.3, -0.25) is 19.1 Å². The average Bonchev–Trinajstić information content (AvgIpc) is 3.34. The molecule has 8 nitrogen and oxygen atoms in total. The minimum absolute atomic E-state index is 0.0452. The summed E-state index contributed by atoms with van der Waals surface area (Å²) in [5.41, 5.74) is 0.0454. The molecule has 0 aliphatic heterocycles. The number of aromatic amines is 1. The van der Waals surface area contributed by atoms with Gasteiger partial charge in [-0.05, 0) is 37.5 Å². The maximum absolute atomic E-state index is 12.8. The molecule has 2 aromatic rings. The Balaban J connectivity index is 1.81. The van der Waals surface area contributed by atoms with Gasteiger partial charge in [-0.25, -0.2) is 9.78 Å². The van der Waals surface area contributed by atoms with Gasteiger partial charge < -0.3 is 9.88 Å². The van der Waals surface area contributed by atoms with Crippen LogP contribution < -0.4 is 16.6 Å². The van der Waals surface area contributed by atoms with Crippen molar-refractivity contribution in [2.45, 2.75) is 111 Å². The molecule has 1 amide bonds. The van der Waals surface area contributed by atoms with E-state index in [1.54, 1.807) is 4.57 Å². The summed E-state index contributed by atoms with van der Waals surface area (Å²) < 4.78 is 3.48. The van der Waals surface area contributed by atoms with Crippen LogP contribution in [-0.2, 0) is 24.3 Å². The van der Waals surface area contributed by atoms with Crippen molar-refractivity contribution in [3.63, 3.8) is 0 Å². The number of amides is 1. The van der Waals surface area contributed by atoms with Crippen LogP contribution in [-0.4, -0.2) is 31.1 Å². The number of imidazole rings is 1. The SMILES string of the molecule is CCCCC1CCCC1NC(=O)CCc1nc2c(c(=O)[nH]c(=O)n2CCCC)n1CC(C)C. The number of hydrogen-bond acceptors (Lipinski definition) is 4. The molecule has 0 radical (unpaired) electrons. The highest BCUT2D eigenvalue weighted by atomic mass is 16.2. The van der Waals surface area contributed by atoms with Crippen molar-refractivity contribution in [2.75, 3.05) is 0 Å². The first-order valence-electron chi connectivity index (χ1n) is 12.9. The number of fused-ring (bicyclic) bond motifs is 1. The van der Waals surface area contributed by atoms with Crippen LogP contribution in [0.15, 0.2) is 9.59 Å². The molecule has 184 valence electrons. The van der Waals surface area contributed by atoms with Crippen LogP contribution in [0, 0.1) is 11.8 Å². The van der Waals surface area contributed by atoms with E-state index in [0.29, 0.717) is 54.8 Å². The third kappa shape index (κ3) is 6.15. The Morgan fingerprint density at radius 1 is 1.15 bits per heavy atom. The normalized spacial score (nSPS) is 18.5. The van der Waals surface area contributed by atoms with E-state index >= 15 is 0 Å². The summed E-state index contributed by atoms with van der Waals surface area (Å²) in [5.74, 6) is 1.63. The summed E-state index contributed by atoms with van der Waals surface area (Å²) in [6.07, 6.45) is 9.57. The molecule has 3 rings (SSSR count). The highest BCUT2D eigenvalue weighted by molar-refractivity contribution is 5.77. The average molecular weight is 460 g/mol. The Kier molecular flexibility index (Phi) is 8.92. The van der Waals surface area contributed by atoms with Crippen LogP contribution in [0.4, 0.5) is 0 Å². The largest absolute Gasteiger partial charge is 0.353 e.